The standard InChI is InChI=1S/C25H35N5O4/c1-17(2)12-14-30(23(32)11-10-22(31)28-21-15-18(3)34-29-21)24(19-7-6-13-26-16-19)25(33)27-20-8-4-5-9-20/h6-7,13,15-17,20,24H,4-5,8-12,14H2,1-3H3,(H,27,33)(H,28,29,31)/t24-/m1/s1. The fraction of sp³-hybridized carbons (Fsp3) is 0.560. The summed E-state index contributed by atoms with van der Waals surface area (Å²) in [5.74, 6) is 0.469. The molecule has 2 aromatic heterocycles. The van der Waals surface area contributed by atoms with Crippen molar-refractivity contribution in [3.63, 3.8) is 0 Å². The molecule has 0 aromatic carbocycles. The van der Waals surface area contributed by atoms with Gasteiger partial charge in [-0.25, -0.2) is 0 Å². The lowest BCUT2D eigenvalue weighted by Crippen LogP contribution is -2.46. The molecular formula is C25H35N5O4. The Balaban J connectivity index is 1.75. The van der Waals surface area contributed by atoms with E-state index in [2.05, 4.69) is 34.6 Å². The predicted octanol–water partition coefficient (Wildman–Crippen LogP) is 3.77. The van der Waals surface area contributed by atoms with Gasteiger partial charge in [-0.15, -0.1) is 0 Å². The van der Waals surface area contributed by atoms with Gasteiger partial charge in [0.05, 0.1) is 0 Å². The third-order valence-corrected chi connectivity index (χ3v) is 5.99. The van der Waals surface area contributed by atoms with Crippen molar-refractivity contribution < 1.29 is 18.9 Å². The van der Waals surface area contributed by atoms with Crippen LogP contribution in [-0.4, -0.2) is 45.3 Å². The summed E-state index contributed by atoms with van der Waals surface area (Å²) in [5, 5.41) is 9.52. The van der Waals surface area contributed by atoms with Gasteiger partial charge in [-0.05, 0) is 38.2 Å². The number of anilines is 1. The number of carbonyl (C=O) groups is 3. The zero-order valence-corrected chi connectivity index (χ0v) is 20.3. The number of aromatic nitrogens is 2. The Morgan fingerprint density at radius 2 is 1.97 bits per heavy atom. The van der Waals surface area contributed by atoms with Crippen LogP contribution in [0.3, 0.4) is 0 Å². The molecule has 1 atom stereocenters. The Morgan fingerprint density at radius 1 is 1.21 bits per heavy atom. The molecule has 1 aliphatic carbocycles. The average Bonchev–Trinajstić information content (AvgIpc) is 3.46. The normalized spacial score (nSPS) is 14.7. The summed E-state index contributed by atoms with van der Waals surface area (Å²) in [6, 6.07) is 4.54. The molecular weight excluding hydrogens is 434 g/mol. The zero-order valence-electron chi connectivity index (χ0n) is 20.3. The maximum absolute atomic E-state index is 13.4. The first-order valence-corrected chi connectivity index (χ1v) is 12.1. The van der Waals surface area contributed by atoms with Gasteiger partial charge >= 0.3 is 0 Å². The Bertz CT molecular complexity index is 953. The molecule has 1 fully saturated rings. The number of amides is 3. The fourth-order valence-electron chi connectivity index (χ4n) is 4.15. The topological polar surface area (TPSA) is 117 Å². The van der Waals surface area contributed by atoms with Crippen molar-refractivity contribution in [1.29, 1.82) is 0 Å². The number of nitrogens with zero attached hydrogens (tertiary/aromatic N) is 3. The molecule has 0 bridgehead atoms. The number of rotatable bonds is 11. The number of hydrogen-bond acceptors (Lipinski definition) is 6. The van der Waals surface area contributed by atoms with Crippen molar-refractivity contribution in [1.82, 2.24) is 20.4 Å². The third kappa shape index (κ3) is 7.40. The van der Waals surface area contributed by atoms with Gasteiger partial charge in [-0.3, -0.25) is 19.4 Å². The van der Waals surface area contributed by atoms with Gasteiger partial charge < -0.3 is 20.1 Å². The first kappa shape index (κ1) is 25.4. The minimum absolute atomic E-state index is 0.0196. The molecule has 3 amide bonds. The van der Waals surface area contributed by atoms with Gasteiger partial charge in [0.1, 0.15) is 11.8 Å². The predicted molar refractivity (Wildman–Crippen MR) is 128 cm³/mol. The summed E-state index contributed by atoms with van der Waals surface area (Å²) in [6.07, 6.45) is 8.07. The molecule has 1 saturated carbocycles. The highest BCUT2D eigenvalue weighted by molar-refractivity contribution is 5.94. The van der Waals surface area contributed by atoms with E-state index in [1.54, 1.807) is 36.4 Å². The van der Waals surface area contributed by atoms with Crippen molar-refractivity contribution in [2.24, 2.45) is 5.92 Å². The van der Waals surface area contributed by atoms with Crippen LogP contribution in [0.5, 0.6) is 0 Å². The Kier molecular flexibility index (Phi) is 9.18. The molecule has 3 rings (SSSR count). The third-order valence-electron chi connectivity index (χ3n) is 5.99. The van der Waals surface area contributed by atoms with E-state index < -0.39 is 6.04 Å². The number of hydrogen-bond donors (Lipinski definition) is 2. The molecule has 34 heavy (non-hydrogen) atoms. The van der Waals surface area contributed by atoms with E-state index in [4.69, 9.17) is 4.52 Å². The SMILES string of the molecule is Cc1cc(NC(=O)CCC(=O)N(CCC(C)C)[C@@H](C(=O)NC2CCCC2)c2cccnc2)no1. The number of carbonyl (C=O) groups excluding carboxylic acids is 3. The average molecular weight is 470 g/mol. The second kappa shape index (κ2) is 12.3. The van der Waals surface area contributed by atoms with Gasteiger partial charge in [-0.2, -0.15) is 0 Å². The number of nitrogens with one attached hydrogen (secondary N) is 2. The lowest BCUT2D eigenvalue weighted by atomic mass is 10.0. The summed E-state index contributed by atoms with van der Waals surface area (Å²) in [6.45, 7) is 6.30. The van der Waals surface area contributed by atoms with Crippen LogP contribution in [-0.2, 0) is 14.4 Å². The lowest BCUT2D eigenvalue weighted by Gasteiger charge is -2.32. The molecule has 1 aliphatic rings. The van der Waals surface area contributed by atoms with E-state index in [1.165, 1.54) is 0 Å². The van der Waals surface area contributed by atoms with Crippen LogP contribution < -0.4 is 10.6 Å². The van der Waals surface area contributed by atoms with Crippen LogP contribution in [0.4, 0.5) is 5.82 Å². The molecule has 0 aliphatic heterocycles. The summed E-state index contributed by atoms with van der Waals surface area (Å²) >= 11 is 0. The molecule has 0 saturated heterocycles. The van der Waals surface area contributed by atoms with E-state index in [1.807, 2.05) is 6.07 Å². The van der Waals surface area contributed by atoms with Crippen LogP contribution in [0.2, 0.25) is 0 Å². The van der Waals surface area contributed by atoms with Gasteiger partial charge in [0, 0.05) is 49.5 Å². The maximum Gasteiger partial charge on any atom is 0.247 e. The van der Waals surface area contributed by atoms with Crippen LogP contribution in [0.25, 0.3) is 0 Å². The van der Waals surface area contributed by atoms with E-state index in [0.717, 1.165) is 32.1 Å². The van der Waals surface area contributed by atoms with Crippen LogP contribution in [0.1, 0.15) is 76.2 Å². The largest absolute Gasteiger partial charge is 0.360 e. The minimum Gasteiger partial charge on any atom is -0.360 e. The van der Waals surface area contributed by atoms with E-state index in [9.17, 15) is 14.4 Å². The molecule has 2 N–H and O–H groups in total. The van der Waals surface area contributed by atoms with Crippen LogP contribution in [0, 0.1) is 12.8 Å². The van der Waals surface area contributed by atoms with Crippen molar-refractivity contribution >= 4 is 23.5 Å². The Labute approximate surface area is 200 Å². The van der Waals surface area contributed by atoms with Crippen molar-refractivity contribution in [2.75, 3.05) is 11.9 Å². The molecule has 9 heteroatoms. The summed E-state index contributed by atoms with van der Waals surface area (Å²) in [4.78, 5) is 45.0. The van der Waals surface area contributed by atoms with E-state index in [0.29, 0.717) is 29.6 Å². The Morgan fingerprint density at radius 3 is 2.59 bits per heavy atom. The highest BCUT2D eigenvalue weighted by Crippen LogP contribution is 2.25. The second-order valence-electron chi connectivity index (χ2n) is 9.32. The maximum atomic E-state index is 13.4. The van der Waals surface area contributed by atoms with E-state index in [-0.39, 0.29) is 36.6 Å². The lowest BCUT2D eigenvalue weighted by molar-refractivity contribution is -0.142. The smallest absolute Gasteiger partial charge is 0.247 e. The monoisotopic (exact) mass is 469 g/mol. The number of pyridine rings is 1. The zero-order chi connectivity index (χ0) is 24.5. The molecule has 9 nitrogen and oxygen atoms in total. The second-order valence-corrected chi connectivity index (χ2v) is 9.32. The molecule has 0 spiro atoms. The quantitative estimate of drug-likeness (QED) is 0.517. The van der Waals surface area contributed by atoms with Gasteiger partial charge in [-0.1, -0.05) is 37.9 Å². The molecule has 2 aromatic rings. The fourth-order valence-corrected chi connectivity index (χ4v) is 4.15. The van der Waals surface area contributed by atoms with Crippen molar-refractivity contribution in [3.05, 3.63) is 41.9 Å². The van der Waals surface area contributed by atoms with Gasteiger partial charge in [0.2, 0.25) is 17.7 Å². The summed E-state index contributed by atoms with van der Waals surface area (Å²) < 4.78 is 4.95. The highest BCUT2D eigenvalue weighted by atomic mass is 16.5. The van der Waals surface area contributed by atoms with Gasteiger partial charge in [0.15, 0.2) is 5.82 Å². The van der Waals surface area contributed by atoms with Crippen LogP contribution in [0.15, 0.2) is 35.1 Å². The number of aryl methyl sites for hydroxylation is 1. The Hall–Kier alpha value is -3.23. The van der Waals surface area contributed by atoms with Gasteiger partial charge in [0.25, 0.3) is 0 Å². The highest BCUT2D eigenvalue weighted by Gasteiger charge is 2.33. The van der Waals surface area contributed by atoms with E-state index >= 15 is 0 Å². The molecule has 0 unspecified atom stereocenters. The molecule has 2 heterocycles. The summed E-state index contributed by atoms with van der Waals surface area (Å²) in [7, 11) is 0. The molecule has 0 radical (unpaired) electrons. The van der Waals surface area contributed by atoms with Crippen molar-refractivity contribution in [2.45, 2.75) is 77.8 Å². The van der Waals surface area contributed by atoms with Crippen molar-refractivity contribution in [3.8, 4) is 0 Å². The molecule has 184 valence electrons. The first-order chi connectivity index (χ1) is 16.3. The summed E-state index contributed by atoms with van der Waals surface area (Å²) in [5.41, 5.74) is 0.664. The van der Waals surface area contributed by atoms with Crippen LogP contribution >= 0.6 is 0 Å². The first-order valence-electron chi connectivity index (χ1n) is 12.1. The minimum atomic E-state index is -0.790.